The lowest BCUT2D eigenvalue weighted by Crippen LogP contribution is -2.01. The monoisotopic (exact) mass is 457 g/mol. The Morgan fingerprint density at radius 1 is 0.920 bits per heavy atom. The summed E-state index contributed by atoms with van der Waals surface area (Å²) in [6.07, 6.45) is 1.55. The van der Waals surface area contributed by atoms with E-state index >= 15 is 0 Å². The van der Waals surface area contributed by atoms with E-state index in [0.717, 1.165) is 8.95 Å². The Hall–Kier alpha value is -2.24. The summed E-state index contributed by atoms with van der Waals surface area (Å²) >= 11 is 6.77. The SMILES string of the molecule is O=C(c1ccccc1)c1cc(Br)ccc1N=Cc1cc(Br)ccc1O. The van der Waals surface area contributed by atoms with Crippen LogP contribution in [-0.4, -0.2) is 17.1 Å². The summed E-state index contributed by atoms with van der Waals surface area (Å²) in [5.41, 5.74) is 2.19. The fourth-order valence-electron chi connectivity index (χ4n) is 2.32. The van der Waals surface area contributed by atoms with Crippen LogP contribution in [0.2, 0.25) is 0 Å². The van der Waals surface area contributed by atoms with Crippen molar-refractivity contribution in [2.75, 3.05) is 0 Å². The molecule has 3 aromatic rings. The molecule has 0 fully saturated rings. The van der Waals surface area contributed by atoms with Crippen LogP contribution < -0.4 is 0 Å². The average Bonchev–Trinajstić information content (AvgIpc) is 2.63. The van der Waals surface area contributed by atoms with Gasteiger partial charge in [-0.15, -0.1) is 0 Å². The highest BCUT2D eigenvalue weighted by molar-refractivity contribution is 9.10. The predicted molar refractivity (Wildman–Crippen MR) is 107 cm³/mol. The lowest BCUT2D eigenvalue weighted by molar-refractivity contribution is 0.103. The maximum atomic E-state index is 12.8. The summed E-state index contributed by atoms with van der Waals surface area (Å²) in [7, 11) is 0. The van der Waals surface area contributed by atoms with E-state index in [1.165, 1.54) is 0 Å². The predicted octanol–water partition coefficient (Wildman–Crippen LogP) is 5.90. The number of rotatable bonds is 4. The highest BCUT2D eigenvalue weighted by Gasteiger charge is 2.13. The number of halogens is 2. The third-order valence-corrected chi connectivity index (χ3v) is 4.56. The topological polar surface area (TPSA) is 49.7 Å². The van der Waals surface area contributed by atoms with E-state index in [1.54, 1.807) is 48.7 Å². The van der Waals surface area contributed by atoms with Crippen LogP contribution in [0, 0.1) is 0 Å². The van der Waals surface area contributed by atoms with Crippen molar-refractivity contribution in [1.82, 2.24) is 0 Å². The summed E-state index contributed by atoms with van der Waals surface area (Å²) < 4.78 is 1.64. The number of hydrogen-bond acceptors (Lipinski definition) is 3. The van der Waals surface area contributed by atoms with E-state index in [0.29, 0.717) is 22.4 Å². The Bertz CT molecular complexity index is 953. The van der Waals surface area contributed by atoms with Gasteiger partial charge in [0.1, 0.15) is 5.75 Å². The molecule has 0 radical (unpaired) electrons. The molecule has 25 heavy (non-hydrogen) atoms. The van der Waals surface area contributed by atoms with Crippen LogP contribution in [0.15, 0.2) is 80.7 Å². The van der Waals surface area contributed by atoms with E-state index in [4.69, 9.17) is 0 Å². The van der Waals surface area contributed by atoms with Gasteiger partial charge in [-0.1, -0.05) is 62.2 Å². The Balaban J connectivity index is 2.01. The number of carbonyl (C=O) groups excluding carboxylic acids is 1. The Morgan fingerprint density at radius 3 is 2.36 bits per heavy atom. The number of ketones is 1. The van der Waals surface area contributed by atoms with E-state index in [2.05, 4.69) is 36.9 Å². The molecule has 3 nitrogen and oxygen atoms in total. The molecule has 124 valence electrons. The number of aliphatic imine (C=N–C) groups is 1. The van der Waals surface area contributed by atoms with Crippen LogP contribution in [0.5, 0.6) is 5.75 Å². The van der Waals surface area contributed by atoms with Crippen molar-refractivity contribution in [3.8, 4) is 5.75 Å². The number of aromatic hydroxyl groups is 1. The van der Waals surface area contributed by atoms with Crippen LogP contribution in [-0.2, 0) is 0 Å². The zero-order valence-electron chi connectivity index (χ0n) is 13.0. The molecule has 0 amide bonds. The number of phenolic OH excluding ortho intramolecular Hbond substituents is 1. The van der Waals surface area contributed by atoms with E-state index < -0.39 is 0 Å². The van der Waals surface area contributed by atoms with Crippen molar-refractivity contribution in [2.24, 2.45) is 4.99 Å². The van der Waals surface area contributed by atoms with Gasteiger partial charge in [0.2, 0.25) is 0 Å². The molecule has 0 heterocycles. The molecule has 5 heteroatoms. The lowest BCUT2D eigenvalue weighted by atomic mass is 10.0. The van der Waals surface area contributed by atoms with Gasteiger partial charge in [-0.3, -0.25) is 9.79 Å². The molecule has 3 rings (SSSR count). The van der Waals surface area contributed by atoms with Gasteiger partial charge in [-0.25, -0.2) is 0 Å². The highest BCUT2D eigenvalue weighted by atomic mass is 79.9. The summed E-state index contributed by atoms with van der Waals surface area (Å²) in [5, 5.41) is 9.93. The molecule has 0 aliphatic rings. The van der Waals surface area contributed by atoms with E-state index in [-0.39, 0.29) is 11.5 Å². The minimum Gasteiger partial charge on any atom is -0.507 e. The van der Waals surface area contributed by atoms with Crippen LogP contribution in [0.25, 0.3) is 0 Å². The second-order valence-electron chi connectivity index (χ2n) is 5.32. The van der Waals surface area contributed by atoms with Gasteiger partial charge < -0.3 is 5.11 Å². The maximum Gasteiger partial charge on any atom is 0.195 e. The molecule has 0 saturated carbocycles. The van der Waals surface area contributed by atoms with Crippen molar-refractivity contribution < 1.29 is 9.90 Å². The zero-order chi connectivity index (χ0) is 17.8. The third kappa shape index (κ3) is 4.24. The summed E-state index contributed by atoms with van der Waals surface area (Å²) in [6.45, 7) is 0. The average molecular weight is 459 g/mol. The fraction of sp³-hybridized carbons (Fsp3) is 0. The Kier molecular flexibility index (Phi) is 5.46. The van der Waals surface area contributed by atoms with Crippen LogP contribution in [0.3, 0.4) is 0 Å². The van der Waals surface area contributed by atoms with E-state index in [9.17, 15) is 9.90 Å². The van der Waals surface area contributed by atoms with Crippen LogP contribution in [0.1, 0.15) is 21.5 Å². The van der Waals surface area contributed by atoms with Gasteiger partial charge in [0.05, 0.1) is 5.69 Å². The van der Waals surface area contributed by atoms with Crippen LogP contribution >= 0.6 is 31.9 Å². The quantitative estimate of drug-likeness (QED) is 0.391. The first-order chi connectivity index (χ1) is 12.0. The highest BCUT2D eigenvalue weighted by Crippen LogP contribution is 2.27. The molecule has 0 aromatic heterocycles. The molecule has 0 aliphatic carbocycles. The number of carbonyl (C=O) groups is 1. The smallest absolute Gasteiger partial charge is 0.195 e. The number of nitrogens with zero attached hydrogens (tertiary/aromatic N) is 1. The zero-order valence-corrected chi connectivity index (χ0v) is 16.2. The molecular formula is C20H13Br2NO2. The molecule has 3 aromatic carbocycles. The van der Waals surface area contributed by atoms with Crippen molar-refractivity contribution >= 4 is 49.5 Å². The number of benzene rings is 3. The number of phenols is 1. The van der Waals surface area contributed by atoms with Crippen molar-refractivity contribution in [3.63, 3.8) is 0 Å². The molecular weight excluding hydrogens is 446 g/mol. The van der Waals surface area contributed by atoms with Gasteiger partial charge in [0, 0.05) is 31.9 Å². The van der Waals surface area contributed by atoms with Crippen molar-refractivity contribution in [2.45, 2.75) is 0 Å². The Labute approximate surface area is 162 Å². The molecule has 0 unspecified atom stereocenters. The van der Waals surface area contributed by atoms with Crippen molar-refractivity contribution in [1.29, 1.82) is 0 Å². The molecule has 1 N–H and O–H groups in total. The minimum absolute atomic E-state index is 0.104. The van der Waals surface area contributed by atoms with Gasteiger partial charge in [0.25, 0.3) is 0 Å². The van der Waals surface area contributed by atoms with Gasteiger partial charge in [0.15, 0.2) is 5.78 Å². The van der Waals surface area contributed by atoms with Gasteiger partial charge in [-0.05, 0) is 36.4 Å². The molecule has 0 saturated heterocycles. The van der Waals surface area contributed by atoms with Crippen molar-refractivity contribution in [3.05, 3.63) is 92.4 Å². The largest absolute Gasteiger partial charge is 0.507 e. The maximum absolute atomic E-state index is 12.8. The fourth-order valence-corrected chi connectivity index (χ4v) is 3.06. The Morgan fingerprint density at radius 2 is 1.60 bits per heavy atom. The van der Waals surface area contributed by atoms with E-state index in [1.807, 2.05) is 24.3 Å². The second-order valence-corrected chi connectivity index (χ2v) is 7.15. The van der Waals surface area contributed by atoms with Gasteiger partial charge >= 0.3 is 0 Å². The molecule has 0 atom stereocenters. The minimum atomic E-state index is -0.104. The first kappa shape index (κ1) is 17.6. The molecule has 0 spiro atoms. The van der Waals surface area contributed by atoms with Crippen LogP contribution in [0.4, 0.5) is 5.69 Å². The first-order valence-corrected chi connectivity index (χ1v) is 9.05. The third-order valence-electron chi connectivity index (χ3n) is 3.57. The second kappa shape index (κ2) is 7.76. The normalized spacial score (nSPS) is 11.0. The molecule has 0 bridgehead atoms. The first-order valence-electron chi connectivity index (χ1n) is 7.46. The molecule has 0 aliphatic heterocycles. The number of hydrogen-bond donors (Lipinski definition) is 1. The summed E-state index contributed by atoms with van der Waals surface area (Å²) in [5.74, 6) is 0.0208. The summed E-state index contributed by atoms with van der Waals surface area (Å²) in [6, 6.07) is 19.5. The standard InChI is InChI=1S/C20H13Br2NO2/c21-15-7-9-19(24)14(10-15)12-23-18-8-6-16(22)11-17(18)20(25)13-4-2-1-3-5-13/h1-12,24H. The van der Waals surface area contributed by atoms with Gasteiger partial charge in [-0.2, -0.15) is 0 Å². The summed E-state index contributed by atoms with van der Waals surface area (Å²) in [4.78, 5) is 17.2. The lowest BCUT2D eigenvalue weighted by Gasteiger charge is -2.06.